The van der Waals surface area contributed by atoms with Crippen LogP contribution in [0, 0.1) is 5.92 Å². The van der Waals surface area contributed by atoms with Gasteiger partial charge in [0.1, 0.15) is 5.69 Å². The molecule has 0 saturated carbocycles. The van der Waals surface area contributed by atoms with E-state index in [9.17, 15) is 4.79 Å². The van der Waals surface area contributed by atoms with E-state index in [0.717, 1.165) is 32.5 Å². The molecule has 2 saturated heterocycles. The number of rotatable bonds is 3. The molecule has 2 fully saturated rings. The summed E-state index contributed by atoms with van der Waals surface area (Å²) in [6.45, 7) is 3.11. The van der Waals surface area contributed by atoms with Gasteiger partial charge in [-0.1, -0.05) is 5.21 Å². The van der Waals surface area contributed by atoms with Gasteiger partial charge in [0.25, 0.3) is 0 Å². The predicted octanol–water partition coefficient (Wildman–Crippen LogP) is 0.0317. The fourth-order valence-electron chi connectivity index (χ4n) is 2.19. The molecule has 92 valence electrons. The fourth-order valence-corrected chi connectivity index (χ4v) is 2.19. The number of carbonyl (C=O) groups excluding carboxylic acids is 1. The Bertz CT molecular complexity index is 407. The lowest BCUT2D eigenvalue weighted by Crippen LogP contribution is -2.43. The van der Waals surface area contributed by atoms with Crippen LogP contribution in [0.2, 0.25) is 0 Å². The first-order chi connectivity index (χ1) is 8.34. The van der Waals surface area contributed by atoms with E-state index in [2.05, 4.69) is 15.6 Å². The van der Waals surface area contributed by atoms with Gasteiger partial charge in [0.05, 0.1) is 18.8 Å². The molecule has 0 amide bonds. The zero-order valence-corrected chi connectivity index (χ0v) is 9.63. The third-order valence-electron chi connectivity index (χ3n) is 3.43. The highest BCUT2D eigenvalue weighted by Crippen LogP contribution is 2.18. The second-order valence-corrected chi connectivity index (χ2v) is 4.67. The molecule has 0 aromatic carbocycles. The van der Waals surface area contributed by atoms with E-state index in [1.807, 2.05) is 0 Å². The van der Waals surface area contributed by atoms with E-state index in [1.165, 1.54) is 0 Å². The van der Waals surface area contributed by atoms with Crippen molar-refractivity contribution in [2.24, 2.45) is 5.92 Å². The normalized spacial score (nSPS) is 25.5. The smallest absolute Gasteiger partial charge is 0.190 e. The summed E-state index contributed by atoms with van der Waals surface area (Å²) in [5, 5.41) is 11.2. The topological polar surface area (TPSA) is 69.0 Å². The van der Waals surface area contributed by atoms with Crippen molar-refractivity contribution in [3.05, 3.63) is 11.9 Å². The van der Waals surface area contributed by atoms with Gasteiger partial charge in [-0.2, -0.15) is 0 Å². The highest BCUT2D eigenvalue weighted by molar-refractivity contribution is 5.95. The Balaban J connectivity index is 1.69. The number of hydrogen-bond donors (Lipinski definition) is 1. The monoisotopic (exact) mass is 236 g/mol. The van der Waals surface area contributed by atoms with Crippen molar-refractivity contribution >= 4 is 5.78 Å². The summed E-state index contributed by atoms with van der Waals surface area (Å²) >= 11 is 0. The summed E-state index contributed by atoms with van der Waals surface area (Å²) in [4.78, 5) is 12.1. The van der Waals surface area contributed by atoms with E-state index in [1.54, 1.807) is 10.9 Å². The predicted molar refractivity (Wildman–Crippen MR) is 59.8 cm³/mol. The van der Waals surface area contributed by atoms with Crippen LogP contribution in [0.15, 0.2) is 6.20 Å². The van der Waals surface area contributed by atoms with E-state index < -0.39 is 0 Å². The number of nitrogens with zero attached hydrogens (tertiary/aromatic N) is 3. The van der Waals surface area contributed by atoms with Crippen molar-refractivity contribution < 1.29 is 9.53 Å². The van der Waals surface area contributed by atoms with Gasteiger partial charge in [-0.05, 0) is 12.8 Å². The fraction of sp³-hybridized carbons (Fsp3) is 0.727. The first kappa shape index (κ1) is 10.9. The number of Topliss-reactive ketones (excluding diaryl/α,β-unsaturated/α-hetero) is 1. The van der Waals surface area contributed by atoms with Gasteiger partial charge in [-0.25, -0.2) is 4.68 Å². The minimum Gasteiger partial charge on any atom is -0.381 e. The zero-order chi connectivity index (χ0) is 11.7. The minimum absolute atomic E-state index is 0.0339. The Labute approximate surface area is 99.3 Å². The van der Waals surface area contributed by atoms with Crippen molar-refractivity contribution in [1.29, 1.82) is 0 Å². The van der Waals surface area contributed by atoms with Crippen LogP contribution in [0.1, 0.15) is 29.4 Å². The highest BCUT2D eigenvalue weighted by Gasteiger charge is 2.27. The van der Waals surface area contributed by atoms with Crippen LogP contribution in [0.5, 0.6) is 0 Å². The first-order valence-electron chi connectivity index (χ1n) is 6.09. The quantitative estimate of drug-likeness (QED) is 0.750. The van der Waals surface area contributed by atoms with Crippen LogP contribution in [-0.2, 0) is 4.74 Å². The molecule has 1 atom stereocenters. The molecule has 2 aliphatic rings. The van der Waals surface area contributed by atoms with Crippen LogP contribution in [0.4, 0.5) is 0 Å². The van der Waals surface area contributed by atoms with Crippen LogP contribution in [0.3, 0.4) is 0 Å². The second-order valence-electron chi connectivity index (χ2n) is 4.67. The molecule has 1 aromatic rings. The third-order valence-corrected chi connectivity index (χ3v) is 3.43. The molecule has 3 rings (SSSR count). The minimum atomic E-state index is -0.0339. The Morgan fingerprint density at radius 3 is 3.06 bits per heavy atom. The first-order valence-corrected chi connectivity index (χ1v) is 6.09. The molecule has 6 heteroatoms. The molecule has 2 aliphatic heterocycles. The van der Waals surface area contributed by atoms with Gasteiger partial charge in [0, 0.05) is 25.6 Å². The molecule has 1 N–H and O–H groups in total. The summed E-state index contributed by atoms with van der Waals surface area (Å²) in [7, 11) is 0. The molecule has 6 nitrogen and oxygen atoms in total. The Morgan fingerprint density at radius 1 is 1.53 bits per heavy atom. The van der Waals surface area contributed by atoms with Crippen LogP contribution in [-0.4, -0.2) is 47.1 Å². The number of aromatic nitrogens is 3. The third kappa shape index (κ3) is 2.10. The lowest BCUT2D eigenvalue weighted by molar-refractivity contribution is 0.0458. The Kier molecular flexibility index (Phi) is 2.90. The van der Waals surface area contributed by atoms with Gasteiger partial charge >= 0.3 is 0 Å². The number of carbonyl (C=O) groups is 1. The molecule has 0 spiro atoms. The van der Waals surface area contributed by atoms with Gasteiger partial charge in [0.15, 0.2) is 5.78 Å². The van der Waals surface area contributed by atoms with E-state index in [4.69, 9.17) is 4.74 Å². The average Bonchev–Trinajstić information content (AvgIpc) is 2.76. The number of hydrogen-bond acceptors (Lipinski definition) is 5. The Morgan fingerprint density at radius 2 is 2.41 bits per heavy atom. The van der Waals surface area contributed by atoms with Gasteiger partial charge in [0.2, 0.25) is 0 Å². The molecule has 0 radical (unpaired) electrons. The molecule has 17 heavy (non-hydrogen) atoms. The van der Waals surface area contributed by atoms with Crippen molar-refractivity contribution in [3.63, 3.8) is 0 Å². The highest BCUT2D eigenvalue weighted by atomic mass is 16.5. The SMILES string of the molecule is O=C(c1cn(C2CNC2)nn1)C1CCCOC1. The number of nitrogens with one attached hydrogen (secondary N) is 1. The average molecular weight is 236 g/mol. The molecule has 1 aromatic heterocycles. The summed E-state index contributed by atoms with van der Waals surface area (Å²) in [6, 6.07) is 0.353. The summed E-state index contributed by atoms with van der Waals surface area (Å²) in [5.74, 6) is 0.0386. The molecular formula is C11H16N4O2. The van der Waals surface area contributed by atoms with Gasteiger partial charge in [-0.15, -0.1) is 5.10 Å². The summed E-state index contributed by atoms with van der Waals surface area (Å²) in [5.41, 5.74) is 0.479. The second kappa shape index (κ2) is 4.54. The standard InChI is InChI=1S/C11H16N4O2/c16-11(8-2-1-3-17-7-8)10-6-15(14-13-10)9-4-12-5-9/h6,8-9,12H,1-5,7H2. The lowest BCUT2D eigenvalue weighted by atomic mass is 9.96. The molecule has 1 unspecified atom stereocenters. The maximum Gasteiger partial charge on any atom is 0.190 e. The van der Waals surface area contributed by atoms with E-state index in [-0.39, 0.29) is 11.7 Å². The number of ketones is 1. The number of ether oxygens (including phenoxy) is 1. The molecule has 3 heterocycles. The van der Waals surface area contributed by atoms with E-state index >= 15 is 0 Å². The van der Waals surface area contributed by atoms with E-state index in [0.29, 0.717) is 18.3 Å². The molecule has 0 bridgehead atoms. The summed E-state index contributed by atoms with van der Waals surface area (Å²) in [6.07, 6.45) is 3.62. The van der Waals surface area contributed by atoms with Crippen LogP contribution < -0.4 is 5.32 Å². The van der Waals surface area contributed by atoms with Crippen molar-refractivity contribution in [1.82, 2.24) is 20.3 Å². The van der Waals surface area contributed by atoms with Gasteiger partial charge in [-0.3, -0.25) is 4.79 Å². The maximum absolute atomic E-state index is 12.1. The summed E-state index contributed by atoms with van der Waals surface area (Å²) < 4.78 is 7.11. The van der Waals surface area contributed by atoms with Crippen molar-refractivity contribution in [2.75, 3.05) is 26.3 Å². The lowest BCUT2D eigenvalue weighted by Gasteiger charge is -2.26. The zero-order valence-electron chi connectivity index (χ0n) is 9.63. The Hall–Kier alpha value is -1.27. The van der Waals surface area contributed by atoms with Crippen molar-refractivity contribution in [2.45, 2.75) is 18.9 Å². The van der Waals surface area contributed by atoms with Crippen LogP contribution >= 0.6 is 0 Å². The molecule has 0 aliphatic carbocycles. The van der Waals surface area contributed by atoms with Gasteiger partial charge < -0.3 is 10.1 Å². The molecular weight excluding hydrogens is 220 g/mol. The largest absolute Gasteiger partial charge is 0.381 e. The van der Waals surface area contributed by atoms with Crippen LogP contribution in [0.25, 0.3) is 0 Å². The van der Waals surface area contributed by atoms with Crippen molar-refractivity contribution in [3.8, 4) is 0 Å². The maximum atomic E-state index is 12.1.